The van der Waals surface area contributed by atoms with Crippen molar-refractivity contribution in [3.05, 3.63) is 48.0 Å². The zero-order valence-corrected chi connectivity index (χ0v) is 16.4. The molecule has 0 radical (unpaired) electrons. The smallest absolute Gasteiger partial charge is 0.244 e. The summed E-state index contributed by atoms with van der Waals surface area (Å²) in [4.78, 5) is 17.9. The lowest BCUT2D eigenvalue weighted by Gasteiger charge is -2.36. The predicted molar refractivity (Wildman–Crippen MR) is 105 cm³/mol. The number of aryl methyl sites for hydroxylation is 1. The molecule has 2 aromatic heterocycles. The van der Waals surface area contributed by atoms with Gasteiger partial charge in [-0.15, -0.1) is 0 Å². The zero-order chi connectivity index (χ0) is 19.5. The van der Waals surface area contributed by atoms with Crippen LogP contribution in [0.25, 0.3) is 11.4 Å². The van der Waals surface area contributed by atoms with Crippen LogP contribution in [0.3, 0.4) is 0 Å². The third-order valence-corrected chi connectivity index (χ3v) is 5.16. The van der Waals surface area contributed by atoms with Crippen LogP contribution in [0.1, 0.15) is 24.4 Å². The van der Waals surface area contributed by atoms with Gasteiger partial charge in [0.15, 0.2) is 0 Å². The Bertz CT molecular complexity index is 936. The van der Waals surface area contributed by atoms with Crippen LogP contribution in [0.4, 0.5) is 5.95 Å². The van der Waals surface area contributed by atoms with Gasteiger partial charge in [-0.3, -0.25) is 4.90 Å². The number of benzene rings is 1. The van der Waals surface area contributed by atoms with Crippen LogP contribution in [0, 0.1) is 6.92 Å². The first kappa shape index (κ1) is 18.4. The lowest BCUT2D eigenvalue weighted by atomic mass is 10.1. The number of nitrogens with zero attached hydrogens (tertiary/aromatic N) is 6. The van der Waals surface area contributed by atoms with Gasteiger partial charge in [-0.1, -0.05) is 29.4 Å². The molecule has 1 aliphatic rings. The molecular weight excluding hydrogens is 356 g/mol. The number of methoxy groups -OCH3 is 1. The fourth-order valence-corrected chi connectivity index (χ4v) is 3.40. The van der Waals surface area contributed by atoms with Crippen molar-refractivity contribution >= 4 is 5.95 Å². The largest absolute Gasteiger partial charge is 0.481 e. The summed E-state index contributed by atoms with van der Waals surface area (Å²) in [5.74, 6) is 2.56. The zero-order valence-electron chi connectivity index (χ0n) is 16.4. The summed E-state index contributed by atoms with van der Waals surface area (Å²) in [5, 5.41) is 4.19. The van der Waals surface area contributed by atoms with E-state index in [-0.39, 0.29) is 6.04 Å². The molecule has 4 rings (SSSR count). The fraction of sp³-hybridized carbons (Fsp3) is 0.400. The summed E-state index contributed by atoms with van der Waals surface area (Å²) < 4.78 is 10.8. The molecule has 3 heterocycles. The summed E-state index contributed by atoms with van der Waals surface area (Å²) in [6.07, 6.45) is 1.72. The Morgan fingerprint density at radius 2 is 1.86 bits per heavy atom. The van der Waals surface area contributed by atoms with Gasteiger partial charge in [-0.05, 0) is 19.4 Å². The molecule has 0 amide bonds. The van der Waals surface area contributed by atoms with Crippen LogP contribution in [-0.4, -0.2) is 58.3 Å². The highest BCUT2D eigenvalue weighted by Gasteiger charge is 2.27. The first-order chi connectivity index (χ1) is 13.7. The first-order valence-electron chi connectivity index (χ1n) is 9.41. The topological polar surface area (TPSA) is 80.4 Å². The van der Waals surface area contributed by atoms with E-state index >= 15 is 0 Å². The quantitative estimate of drug-likeness (QED) is 0.668. The molecule has 1 saturated heterocycles. The maximum Gasteiger partial charge on any atom is 0.244 e. The van der Waals surface area contributed by atoms with Crippen LogP contribution >= 0.6 is 0 Å². The van der Waals surface area contributed by atoms with Gasteiger partial charge in [0.25, 0.3) is 0 Å². The van der Waals surface area contributed by atoms with Crippen molar-refractivity contribution in [3.8, 4) is 17.3 Å². The second-order valence-corrected chi connectivity index (χ2v) is 6.87. The van der Waals surface area contributed by atoms with Gasteiger partial charge in [0.05, 0.1) is 13.2 Å². The molecule has 0 saturated carbocycles. The molecule has 1 aliphatic heterocycles. The first-order valence-corrected chi connectivity index (χ1v) is 9.41. The van der Waals surface area contributed by atoms with Gasteiger partial charge >= 0.3 is 0 Å². The van der Waals surface area contributed by atoms with Gasteiger partial charge in [0.1, 0.15) is 0 Å². The van der Waals surface area contributed by atoms with E-state index in [1.165, 1.54) is 0 Å². The summed E-state index contributed by atoms with van der Waals surface area (Å²) >= 11 is 0. The molecule has 28 heavy (non-hydrogen) atoms. The standard InChI is InChI=1S/C20H24N6O2/c1-14-6-4-5-7-16(14)18-23-19(28-24-18)15(2)25-10-12-26(13-11-25)20-21-9-8-17(22-20)27-3/h4-9,15H,10-13H2,1-3H3/t15-/m0/s1. The lowest BCUT2D eigenvalue weighted by molar-refractivity contribution is 0.163. The van der Waals surface area contributed by atoms with Crippen molar-refractivity contribution in [2.24, 2.45) is 0 Å². The van der Waals surface area contributed by atoms with Crippen LogP contribution in [-0.2, 0) is 0 Å². The summed E-state index contributed by atoms with van der Waals surface area (Å²) in [6, 6.07) is 9.87. The minimum atomic E-state index is 0.0543. The number of hydrogen-bond acceptors (Lipinski definition) is 8. The van der Waals surface area contributed by atoms with Gasteiger partial charge in [-0.2, -0.15) is 9.97 Å². The maximum atomic E-state index is 5.57. The molecule has 0 aliphatic carbocycles. The lowest BCUT2D eigenvalue weighted by Crippen LogP contribution is -2.47. The van der Waals surface area contributed by atoms with Crippen LogP contribution in [0.5, 0.6) is 5.88 Å². The molecule has 0 spiro atoms. The van der Waals surface area contributed by atoms with Crippen molar-refractivity contribution in [1.82, 2.24) is 25.0 Å². The van der Waals surface area contributed by atoms with E-state index in [1.807, 2.05) is 18.2 Å². The summed E-state index contributed by atoms with van der Waals surface area (Å²) in [7, 11) is 1.61. The van der Waals surface area contributed by atoms with Crippen molar-refractivity contribution in [2.75, 3.05) is 38.2 Å². The molecule has 0 N–H and O–H groups in total. The summed E-state index contributed by atoms with van der Waals surface area (Å²) in [5.41, 5.74) is 2.14. The summed E-state index contributed by atoms with van der Waals surface area (Å²) in [6.45, 7) is 7.54. The minimum absolute atomic E-state index is 0.0543. The normalized spacial score (nSPS) is 16.2. The molecule has 0 unspecified atom stereocenters. The molecule has 1 atom stereocenters. The molecule has 146 valence electrons. The highest BCUT2D eigenvalue weighted by molar-refractivity contribution is 5.59. The maximum absolute atomic E-state index is 5.57. The van der Waals surface area contributed by atoms with Gasteiger partial charge in [0.2, 0.25) is 23.5 Å². The third-order valence-electron chi connectivity index (χ3n) is 5.16. The Morgan fingerprint density at radius 3 is 2.61 bits per heavy atom. The Morgan fingerprint density at radius 1 is 1.07 bits per heavy atom. The van der Waals surface area contributed by atoms with E-state index in [0.717, 1.165) is 37.3 Å². The Hall–Kier alpha value is -3.00. The highest BCUT2D eigenvalue weighted by Crippen LogP contribution is 2.25. The Balaban J connectivity index is 1.42. The molecule has 1 aromatic carbocycles. The predicted octanol–water partition coefficient (Wildman–Crippen LogP) is 2.73. The van der Waals surface area contributed by atoms with Gasteiger partial charge in [0, 0.05) is 44.0 Å². The van der Waals surface area contributed by atoms with E-state index in [0.29, 0.717) is 23.5 Å². The van der Waals surface area contributed by atoms with Gasteiger partial charge in [-0.25, -0.2) is 4.98 Å². The van der Waals surface area contributed by atoms with E-state index in [1.54, 1.807) is 19.4 Å². The van der Waals surface area contributed by atoms with Crippen molar-refractivity contribution < 1.29 is 9.26 Å². The molecule has 8 heteroatoms. The van der Waals surface area contributed by atoms with E-state index < -0.39 is 0 Å². The van der Waals surface area contributed by atoms with E-state index in [4.69, 9.17) is 9.26 Å². The average Bonchev–Trinajstić information content (AvgIpc) is 3.24. The Labute approximate surface area is 164 Å². The molecular formula is C20H24N6O2. The van der Waals surface area contributed by atoms with Crippen molar-refractivity contribution in [2.45, 2.75) is 19.9 Å². The fourth-order valence-electron chi connectivity index (χ4n) is 3.40. The molecule has 3 aromatic rings. The van der Waals surface area contributed by atoms with E-state index in [2.05, 4.69) is 49.8 Å². The van der Waals surface area contributed by atoms with Gasteiger partial charge < -0.3 is 14.2 Å². The SMILES string of the molecule is COc1ccnc(N2CCN([C@@H](C)c3nc(-c4ccccc4C)no3)CC2)n1. The molecule has 8 nitrogen and oxygen atoms in total. The number of hydrogen-bond donors (Lipinski definition) is 0. The number of ether oxygens (including phenoxy) is 1. The second kappa shape index (κ2) is 7.93. The minimum Gasteiger partial charge on any atom is -0.481 e. The van der Waals surface area contributed by atoms with Crippen molar-refractivity contribution in [3.63, 3.8) is 0 Å². The van der Waals surface area contributed by atoms with E-state index in [9.17, 15) is 0 Å². The van der Waals surface area contributed by atoms with Crippen LogP contribution < -0.4 is 9.64 Å². The third kappa shape index (κ3) is 3.68. The Kier molecular flexibility index (Phi) is 5.21. The molecule has 0 bridgehead atoms. The molecule has 1 fully saturated rings. The van der Waals surface area contributed by atoms with Crippen molar-refractivity contribution in [1.29, 1.82) is 0 Å². The number of anilines is 1. The second-order valence-electron chi connectivity index (χ2n) is 6.87. The number of aromatic nitrogens is 4. The van der Waals surface area contributed by atoms with Crippen LogP contribution in [0.15, 0.2) is 41.1 Å². The van der Waals surface area contributed by atoms with Crippen LogP contribution in [0.2, 0.25) is 0 Å². The average molecular weight is 380 g/mol. The monoisotopic (exact) mass is 380 g/mol. The number of rotatable bonds is 5. The number of piperazine rings is 1. The highest BCUT2D eigenvalue weighted by atomic mass is 16.5.